The fourth-order valence-electron chi connectivity index (χ4n) is 1.98. The van der Waals surface area contributed by atoms with Gasteiger partial charge < -0.3 is 5.73 Å². The Kier molecular flexibility index (Phi) is 2.59. The molecule has 1 aliphatic rings. The third-order valence-corrected chi connectivity index (χ3v) is 3.32. The molecule has 1 fully saturated rings. The van der Waals surface area contributed by atoms with Gasteiger partial charge >= 0.3 is 0 Å². The summed E-state index contributed by atoms with van der Waals surface area (Å²) in [5.41, 5.74) is 8.35. The summed E-state index contributed by atoms with van der Waals surface area (Å²) < 4.78 is 1.90. The third kappa shape index (κ3) is 1.82. The lowest BCUT2D eigenvalue weighted by atomic mass is 9.80. The van der Waals surface area contributed by atoms with Gasteiger partial charge in [-0.25, -0.2) is 0 Å². The molecule has 0 aliphatic heterocycles. The van der Waals surface area contributed by atoms with Gasteiger partial charge in [-0.1, -0.05) is 19.3 Å². The van der Waals surface area contributed by atoms with Crippen LogP contribution in [-0.4, -0.2) is 9.78 Å². The Balaban J connectivity index is 1.98. The number of nitrogens with zero attached hydrogens (tertiary/aromatic N) is 2. The first-order valence-electron chi connectivity index (χ1n) is 5.43. The molecule has 78 valence electrons. The van der Waals surface area contributed by atoms with E-state index >= 15 is 0 Å². The molecule has 1 saturated carbocycles. The Bertz CT molecular complexity index is 293. The van der Waals surface area contributed by atoms with Crippen LogP contribution in [0.5, 0.6) is 0 Å². The van der Waals surface area contributed by atoms with Gasteiger partial charge in [0.05, 0.1) is 5.69 Å². The average Bonchev–Trinajstić information content (AvgIpc) is 2.40. The van der Waals surface area contributed by atoms with Gasteiger partial charge in [0.2, 0.25) is 0 Å². The first-order valence-corrected chi connectivity index (χ1v) is 5.43. The van der Waals surface area contributed by atoms with E-state index in [4.69, 9.17) is 5.73 Å². The van der Waals surface area contributed by atoms with Crippen molar-refractivity contribution in [2.75, 3.05) is 0 Å². The topological polar surface area (TPSA) is 43.8 Å². The smallest absolute Gasteiger partial charge is 0.0794 e. The van der Waals surface area contributed by atoms with E-state index < -0.39 is 0 Å². The van der Waals surface area contributed by atoms with Crippen molar-refractivity contribution in [3.05, 3.63) is 17.5 Å². The number of nitrogens with two attached hydrogens (primary N) is 1. The second-order valence-corrected chi connectivity index (χ2v) is 4.47. The first kappa shape index (κ1) is 9.71. The second kappa shape index (κ2) is 3.73. The molecule has 1 aromatic heterocycles. The van der Waals surface area contributed by atoms with Gasteiger partial charge in [0, 0.05) is 18.8 Å². The van der Waals surface area contributed by atoms with Gasteiger partial charge in [0.15, 0.2) is 0 Å². The monoisotopic (exact) mass is 193 g/mol. The fraction of sp³-hybridized carbons (Fsp3) is 0.727. The van der Waals surface area contributed by atoms with Crippen LogP contribution in [0.1, 0.15) is 43.1 Å². The summed E-state index contributed by atoms with van der Waals surface area (Å²) >= 11 is 0. The lowest BCUT2D eigenvalue weighted by Gasteiger charge is -2.27. The summed E-state index contributed by atoms with van der Waals surface area (Å²) in [6.07, 6.45) is 5.22. The molecule has 0 radical (unpaired) electrons. The Morgan fingerprint density at radius 2 is 2.36 bits per heavy atom. The second-order valence-electron chi connectivity index (χ2n) is 4.47. The van der Waals surface area contributed by atoms with Crippen LogP contribution >= 0.6 is 0 Å². The summed E-state index contributed by atoms with van der Waals surface area (Å²) in [4.78, 5) is 0. The highest BCUT2D eigenvalue weighted by Gasteiger charge is 2.22. The molecule has 1 heterocycles. The molecule has 0 bridgehead atoms. The summed E-state index contributed by atoms with van der Waals surface area (Å²) in [5.74, 6) is 0.854. The van der Waals surface area contributed by atoms with Crippen LogP contribution in [0.3, 0.4) is 0 Å². The number of aromatic nitrogens is 2. The summed E-state index contributed by atoms with van der Waals surface area (Å²) in [5, 5.41) is 4.41. The van der Waals surface area contributed by atoms with E-state index in [9.17, 15) is 0 Å². The van der Waals surface area contributed by atoms with Crippen LogP contribution in [0.2, 0.25) is 0 Å². The van der Waals surface area contributed by atoms with E-state index in [-0.39, 0.29) is 6.04 Å². The molecule has 2 rings (SSSR count). The molecule has 0 spiro atoms. The quantitative estimate of drug-likeness (QED) is 0.797. The maximum atomic E-state index is 6.11. The number of hydrogen-bond acceptors (Lipinski definition) is 2. The Morgan fingerprint density at radius 1 is 1.64 bits per heavy atom. The standard InChI is InChI=1S/C11H19N3/c1-8-6-11(13-14(8)2)10(12)7-9-4-3-5-9/h6,9-10H,3-5,7,12H2,1-2H3. The summed E-state index contributed by atoms with van der Waals surface area (Å²) in [6.45, 7) is 2.06. The average molecular weight is 193 g/mol. The van der Waals surface area contributed by atoms with Gasteiger partial charge in [-0.15, -0.1) is 0 Å². The van der Waals surface area contributed by atoms with Crippen LogP contribution in [0.15, 0.2) is 6.07 Å². The molecule has 0 aromatic carbocycles. The van der Waals surface area contributed by atoms with Gasteiger partial charge in [-0.3, -0.25) is 4.68 Å². The predicted octanol–water partition coefficient (Wildman–Crippen LogP) is 1.92. The normalized spacial score (nSPS) is 19.4. The molecule has 0 saturated heterocycles. The summed E-state index contributed by atoms with van der Waals surface area (Å²) in [7, 11) is 1.97. The van der Waals surface area contributed by atoms with Gasteiger partial charge in [0.25, 0.3) is 0 Å². The fourth-order valence-corrected chi connectivity index (χ4v) is 1.98. The van der Waals surface area contributed by atoms with Crippen molar-refractivity contribution in [1.82, 2.24) is 9.78 Å². The lowest BCUT2D eigenvalue weighted by molar-refractivity contribution is 0.275. The highest BCUT2D eigenvalue weighted by Crippen LogP contribution is 2.33. The molecule has 1 atom stereocenters. The molecular weight excluding hydrogens is 174 g/mol. The Morgan fingerprint density at radius 3 is 2.79 bits per heavy atom. The minimum atomic E-state index is 0.139. The highest BCUT2D eigenvalue weighted by molar-refractivity contribution is 5.12. The van der Waals surface area contributed by atoms with E-state index in [2.05, 4.69) is 18.1 Å². The van der Waals surface area contributed by atoms with Crippen molar-refractivity contribution in [3.63, 3.8) is 0 Å². The molecule has 0 amide bonds. The third-order valence-electron chi connectivity index (χ3n) is 3.32. The van der Waals surface area contributed by atoms with Gasteiger partial charge in [-0.05, 0) is 25.3 Å². The summed E-state index contributed by atoms with van der Waals surface area (Å²) in [6, 6.07) is 2.24. The van der Waals surface area contributed by atoms with E-state index in [1.54, 1.807) is 0 Å². The molecule has 3 nitrogen and oxygen atoms in total. The van der Waals surface area contributed by atoms with E-state index in [0.29, 0.717) is 0 Å². The van der Waals surface area contributed by atoms with Crippen molar-refractivity contribution < 1.29 is 0 Å². The maximum Gasteiger partial charge on any atom is 0.0794 e. The molecular formula is C11H19N3. The minimum Gasteiger partial charge on any atom is -0.323 e. The highest BCUT2D eigenvalue weighted by atomic mass is 15.3. The first-order chi connectivity index (χ1) is 6.66. The van der Waals surface area contributed by atoms with Crippen LogP contribution in [0.25, 0.3) is 0 Å². The Labute approximate surface area is 85.3 Å². The van der Waals surface area contributed by atoms with Crippen molar-refractivity contribution in [3.8, 4) is 0 Å². The van der Waals surface area contributed by atoms with Crippen LogP contribution in [0, 0.1) is 12.8 Å². The van der Waals surface area contributed by atoms with Crippen LogP contribution in [0.4, 0.5) is 0 Å². The van der Waals surface area contributed by atoms with Crippen molar-refractivity contribution in [1.29, 1.82) is 0 Å². The van der Waals surface area contributed by atoms with Crippen molar-refractivity contribution in [2.24, 2.45) is 18.7 Å². The molecule has 3 heteroatoms. The minimum absolute atomic E-state index is 0.139. The zero-order chi connectivity index (χ0) is 10.1. The molecule has 2 N–H and O–H groups in total. The van der Waals surface area contributed by atoms with Crippen LogP contribution < -0.4 is 5.73 Å². The van der Waals surface area contributed by atoms with E-state index in [1.165, 1.54) is 25.0 Å². The SMILES string of the molecule is Cc1cc(C(N)CC2CCC2)nn1C. The molecule has 1 unspecified atom stereocenters. The number of aryl methyl sites for hydroxylation is 2. The molecule has 1 aromatic rings. The van der Waals surface area contributed by atoms with Gasteiger partial charge in [0.1, 0.15) is 0 Å². The van der Waals surface area contributed by atoms with Gasteiger partial charge in [-0.2, -0.15) is 5.10 Å². The van der Waals surface area contributed by atoms with E-state index in [0.717, 1.165) is 18.0 Å². The lowest BCUT2D eigenvalue weighted by Crippen LogP contribution is -2.20. The molecule has 14 heavy (non-hydrogen) atoms. The largest absolute Gasteiger partial charge is 0.323 e. The number of rotatable bonds is 3. The predicted molar refractivity (Wildman–Crippen MR) is 56.8 cm³/mol. The Hall–Kier alpha value is -0.830. The van der Waals surface area contributed by atoms with Crippen molar-refractivity contribution >= 4 is 0 Å². The zero-order valence-corrected chi connectivity index (χ0v) is 9.03. The van der Waals surface area contributed by atoms with Crippen molar-refractivity contribution in [2.45, 2.75) is 38.6 Å². The van der Waals surface area contributed by atoms with Crippen LogP contribution in [-0.2, 0) is 7.05 Å². The van der Waals surface area contributed by atoms with E-state index in [1.807, 2.05) is 11.7 Å². The number of hydrogen-bond donors (Lipinski definition) is 1. The maximum absolute atomic E-state index is 6.11. The molecule has 1 aliphatic carbocycles. The zero-order valence-electron chi connectivity index (χ0n) is 9.03.